The van der Waals surface area contributed by atoms with E-state index in [1.54, 1.807) is 30.3 Å². The normalized spacial score (nSPS) is 11.1. The molecule has 0 radical (unpaired) electrons. The van der Waals surface area contributed by atoms with Gasteiger partial charge in [-0.3, -0.25) is 15.2 Å². The number of carbonyl (C=O) groups is 2. The molecule has 0 aliphatic rings. The molecule has 1 unspecified atom stereocenters. The molecular weight excluding hydrogens is 537 g/mol. The summed E-state index contributed by atoms with van der Waals surface area (Å²) in [5, 5.41) is 28.9. The van der Waals surface area contributed by atoms with Crippen LogP contribution in [-0.4, -0.2) is 57.0 Å². The molecule has 41 heavy (non-hydrogen) atoms. The maximum atomic E-state index is 15.4. The summed E-state index contributed by atoms with van der Waals surface area (Å²) in [5.74, 6) is -2.95. The number of H-pyrrole nitrogens is 1. The Balaban J connectivity index is 0.00000108. The van der Waals surface area contributed by atoms with Crippen LogP contribution < -0.4 is 20.9 Å². The Hall–Kier alpha value is -5.46. The molecule has 12 nitrogen and oxygen atoms in total. The van der Waals surface area contributed by atoms with Crippen LogP contribution in [0.1, 0.15) is 45.7 Å². The maximum absolute atomic E-state index is 15.4. The van der Waals surface area contributed by atoms with E-state index in [-0.39, 0.29) is 46.4 Å². The van der Waals surface area contributed by atoms with Gasteiger partial charge in [0.2, 0.25) is 0 Å². The Kier molecular flexibility index (Phi) is 9.59. The number of aromatic amines is 1. The first kappa shape index (κ1) is 30.1. The van der Waals surface area contributed by atoms with Crippen LogP contribution in [0.3, 0.4) is 0 Å². The number of aromatic nitrogens is 3. The molecule has 0 aliphatic carbocycles. The Morgan fingerprint density at radius 3 is 2.22 bits per heavy atom. The van der Waals surface area contributed by atoms with E-state index >= 15 is 4.39 Å². The molecule has 1 aromatic heterocycles. The van der Waals surface area contributed by atoms with Gasteiger partial charge in [0, 0.05) is 24.1 Å². The Labute approximate surface area is 233 Å². The number of halogens is 1. The molecule has 13 heteroatoms. The van der Waals surface area contributed by atoms with Gasteiger partial charge < -0.3 is 25.4 Å². The van der Waals surface area contributed by atoms with Gasteiger partial charge in [-0.25, -0.2) is 14.0 Å². The van der Waals surface area contributed by atoms with Gasteiger partial charge in [0.1, 0.15) is 17.5 Å². The van der Waals surface area contributed by atoms with Gasteiger partial charge in [-0.15, -0.1) is 5.10 Å². The predicted octanol–water partition coefficient (Wildman–Crippen LogP) is 3.16. The third-order valence-corrected chi connectivity index (χ3v) is 5.91. The van der Waals surface area contributed by atoms with Gasteiger partial charge in [0.25, 0.3) is 5.97 Å². The first-order valence-electron chi connectivity index (χ1n) is 12.0. The Morgan fingerprint density at radius 2 is 1.66 bits per heavy atom. The number of nitrogens with zero attached hydrogens (tertiary/aromatic N) is 2. The third kappa shape index (κ3) is 7.15. The second-order valence-corrected chi connectivity index (χ2v) is 8.66. The number of amidine groups is 1. The van der Waals surface area contributed by atoms with E-state index in [1.165, 1.54) is 44.6 Å². The van der Waals surface area contributed by atoms with E-state index in [0.717, 1.165) is 17.2 Å². The van der Waals surface area contributed by atoms with Crippen molar-refractivity contribution in [1.82, 2.24) is 14.8 Å². The summed E-state index contributed by atoms with van der Waals surface area (Å²) in [7, 11) is 2.82. The van der Waals surface area contributed by atoms with Gasteiger partial charge in [0.05, 0.1) is 31.4 Å². The summed E-state index contributed by atoms with van der Waals surface area (Å²) >= 11 is 0. The van der Waals surface area contributed by atoms with Crippen LogP contribution in [0.2, 0.25) is 0 Å². The van der Waals surface area contributed by atoms with Crippen molar-refractivity contribution >= 4 is 17.8 Å². The van der Waals surface area contributed by atoms with Gasteiger partial charge >= 0.3 is 11.7 Å². The monoisotopic (exact) mass is 565 g/mol. The minimum absolute atomic E-state index is 0.0693. The number of nitrogens with two attached hydrogens (primary N) is 1. The molecule has 1 heterocycles. The largest absolute Gasteiger partial charge is 0.493 e. The molecule has 0 spiro atoms. The molecule has 0 saturated heterocycles. The topological polar surface area (TPSA) is 194 Å². The third-order valence-electron chi connectivity index (χ3n) is 5.91. The Morgan fingerprint density at radius 1 is 1.07 bits per heavy atom. The lowest BCUT2D eigenvalue weighted by Crippen LogP contribution is -2.18. The minimum Gasteiger partial charge on any atom is -0.493 e. The lowest BCUT2D eigenvalue weighted by Gasteiger charge is -2.18. The number of rotatable bonds is 9. The molecule has 4 rings (SSSR count). The number of hydrogen-bond acceptors (Lipinski definition) is 7. The standard InChI is InChI=1S/C26H24FN5O5.C2H4O2/c1-36-21-12-17(19(27)13-22(21)37-2)18(11-14-7-9-15(10-8-14)23(28)29)24-30-26(35)32(31-24)20-6-4-3-5-16(20)25(33)34;1-2(3)4/h3-10,12-13,18H,11H2,1-2H3,(H3,28,29)(H,33,34)(H,30,31,35);1H3,(H,3,4). The zero-order valence-electron chi connectivity index (χ0n) is 22.3. The van der Waals surface area contributed by atoms with Crippen LogP contribution >= 0.6 is 0 Å². The van der Waals surface area contributed by atoms with E-state index in [9.17, 15) is 14.7 Å². The van der Waals surface area contributed by atoms with Crippen LogP contribution in [0.25, 0.3) is 5.69 Å². The van der Waals surface area contributed by atoms with Crippen molar-refractivity contribution < 1.29 is 33.7 Å². The number of nitrogen functional groups attached to an aromatic ring is 1. The lowest BCUT2D eigenvalue weighted by atomic mass is 9.90. The number of benzene rings is 3. The summed E-state index contributed by atoms with van der Waals surface area (Å²) in [6.45, 7) is 1.08. The van der Waals surface area contributed by atoms with Crippen LogP contribution in [0.4, 0.5) is 4.39 Å². The molecule has 1 atom stereocenters. The molecule has 0 aliphatic heterocycles. The van der Waals surface area contributed by atoms with Gasteiger partial charge in [-0.05, 0) is 30.2 Å². The zero-order valence-corrected chi connectivity index (χ0v) is 22.3. The van der Waals surface area contributed by atoms with E-state index in [4.69, 9.17) is 30.5 Å². The number of aromatic carboxylic acids is 1. The highest BCUT2D eigenvalue weighted by Gasteiger charge is 2.26. The van der Waals surface area contributed by atoms with E-state index in [0.29, 0.717) is 5.56 Å². The molecule has 4 aromatic rings. The molecule has 0 saturated carbocycles. The van der Waals surface area contributed by atoms with Gasteiger partial charge in [-0.2, -0.15) is 4.68 Å². The highest BCUT2D eigenvalue weighted by Crippen LogP contribution is 2.36. The molecular formula is C28H28FN5O7. The van der Waals surface area contributed by atoms with Crippen LogP contribution in [0.5, 0.6) is 11.5 Å². The number of methoxy groups -OCH3 is 2. The molecule has 0 amide bonds. The van der Waals surface area contributed by atoms with E-state index < -0.39 is 29.4 Å². The molecule has 214 valence electrons. The number of carboxylic acids is 2. The fourth-order valence-corrected chi connectivity index (χ4v) is 4.05. The van der Waals surface area contributed by atoms with Crippen LogP contribution in [0, 0.1) is 11.2 Å². The molecule has 0 fully saturated rings. The summed E-state index contributed by atoms with van der Waals surface area (Å²) in [4.78, 5) is 36.3. The summed E-state index contributed by atoms with van der Waals surface area (Å²) < 4.78 is 26.9. The number of nitrogens with one attached hydrogen (secondary N) is 2. The van der Waals surface area contributed by atoms with Crippen molar-refractivity contribution in [3.8, 4) is 17.2 Å². The van der Waals surface area contributed by atoms with Crippen molar-refractivity contribution in [1.29, 1.82) is 5.41 Å². The van der Waals surface area contributed by atoms with Crippen molar-refractivity contribution in [2.75, 3.05) is 14.2 Å². The highest BCUT2D eigenvalue weighted by atomic mass is 19.1. The fourth-order valence-electron chi connectivity index (χ4n) is 4.05. The zero-order chi connectivity index (χ0) is 30.3. The van der Waals surface area contributed by atoms with Crippen molar-refractivity contribution in [2.24, 2.45) is 5.73 Å². The first-order chi connectivity index (χ1) is 19.5. The lowest BCUT2D eigenvalue weighted by molar-refractivity contribution is -0.134. The summed E-state index contributed by atoms with van der Waals surface area (Å²) in [6.07, 6.45) is 0.206. The van der Waals surface area contributed by atoms with Crippen LogP contribution in [0.15, 0.2) is 65.5 Å². The van der Waals surface area contributed by atoms with E-state index in [1.807, 2.05) is 0 Å². The molecule has 3 aromatic carbocycles. The predicted molar refractivity (Wildman–Crippen MR) is 147 cm³/mol. The average Bonchev–Trinajstić information content (AvgIpc) is 3.32. The van der Waals surface area contributed by atoms with Gasteiger partial charge in [0.15, 0.2) is 11.5 Å². The van der Waals surface area contributed by atoms with E-state index in [2.05, 4.69) is 10.1 Å². The Bertz CT molecular complexity index is 1630. The highest BCUT2D eigenvalue weighted by molar-refractivity contribution is 5.94. The minimum atomic E-state index is -1.22. The smallest absolute Gasteiger partial charge is 0.348 e. The number of carboxylic acid groups (broad SMARTS) is 2. The fraction of sp³-hybridized carbons (Fsp3) is 0.179. The van der Waals surface area contributed by atoms with Crippen molar-refractivity contribution in [3.63, 3.8) is 0 Å². The number of aliphatic carboxylic acids is 1. The molecule has 0 bridgehead atoms. The number of para-hydroxylation sites is 1. The number of hydrogen-bond donors (Lipinski definition) is 5. The summed E-state index contributed by atoms with van der Waals surface area (Å²) in [6, 6.07) is 15.5. The summed E-state index contributed by atoms with van der Waals surface area (Å²) in [5.41, 5.74) is 6.29. The average molecular weight is 566 g/mol. The molecule has 6 N–H and O–H groups in total. The SMILES string of the molecule is CC(=O)O.COc1cc(F)c(C(Cc2ccc(C(=N)N)cc2)c2nn(-c3ccccc3C(=O)O)c(=O)[nH]2)cc1OC. The quantitative estimate of drug-likeness (QED) is 0.150. The van der Waals surface area contributed by atoms with Crippen LogP contribution in [-0.2, 0) is 11.2 Å². The van der Waals surface area contributed by atoms with Crippen molar-refractivity contribution in [3.05, 3.63) is 105 Å². The second kappa shape index (κ2) is 13.1. The number of ether oxygens (including phenoxy) is 2. The maximum Gasteiger partial charge on any atom is 0.348 e. The van der Waals surface area contributed by atoms with Crippen molar-refractivity contribution in [2.45, 2.75) is 19.3 Å². The second-order valence-electron chi connectivity index (χ2n) is 8.66. The first-order valence-corrected chi connectivity index (χ1v) is 12.0. The van der Waals surface area contributed by atoms with Gasteiger partial charge in [-0.1, -0.05) is 36.4 Å².